The molecule has 6 heteroatoms. The molecule has 1 N–H and O–H groups in total. The molecule has 1 aliphatic rings. The standard InChI is InChI=1S/C24H24N4O2/c1-27(2)22-9-4-3-8-20(22)24(30)26-19-10-11-21-17(15-19)12-14-28(21)23(29)16-18-7-5-6-13-25-18/h3-11,13,15H,12,14,16H2,1-2H3,(H,26,30). The second kappa shape index (κ2) is 8.37. The summed E-state index contributed by atoms with van der Waals surface area (Å²) in [5.41, 5.74) is 4.94. The normalized spacial score (nSPS) is 12.4. The van der Waals surface area contributed by atoms with E-state index < -0.39 is 0 Å². The van der Waals surface area contributed by atoms with Crippen LogP contribution in [0.1, 0.15) is 21.6 Å². The van der Waals surface area contributed by atoms with Crippen LogP contribution in [0.3, 0.4) is 0 Å². The van der Waals surface area contributed by atoms with Crippen LogP contribution < -0.4 is 15.1 Å². The number of pyridine rings is 1. The molecule has 0 saturated heterocycles. The van der Waals surface area contributed by atoms with Gasteiger partial charge in [0.15, 0.2) is 0 Å². The van der Waals surface area contributed by atoms with E-state index in [4.69, 9.17) is 0 Å². The maximum atomic E-state index is 12.8. The van der Waals surface area contributed by atoms with Gasteiger partial charge in [0.05, 0.1) is 12.0 Å². The largest absolute Gasteiger partial charge is 0.377 e. The van der Waals surface area contributed by atoms with Crippen molar-refractivity contribution in [1.29, 1.82) is 0 Å². The van der Waals surface area contributed by atoms with Gasteiger partial charge in [-0.1, -0.05) is 18.2 Å². The molecule has 1 aromatic heterocycles. The van der Waals surface area contributed by atoms with Crippen LogP contribution in [0.15, 0.2) is 66.9 Å². The Bertz CT molecular complexity index is 1080. The molecule has 0 bridgehead atoms. The van der Waals surface area contributed by atoms with Gasteiger partial charge >= 0.3 is 0 Å². The van der Waals surface area contributed by atoms with Gasteiger partial charge < -0.3 is 15.1 Å². The molecule has 6 nitrogen and oxygen atoms in total. The number of hydrogen-bond acceptors (Lipinski definition) is 4. The smallest absolute Gasteiger partial charge is 0.257 e. The average Bonchev–Trinajstić information content (AvgIpc) is 3.18. The third-order valence-corrected chi connectivity index (χ3v) is 5.22. The summed E-state index contributed by atoms with van der Waals surface area (Å²) in [6.07, 6.45) is 2.74. The maximum Gasteiger partial charge on any atom is 0.257 e. The lowest BCUT2D eigenvalue weighted by molar-refractivity contribution is -0.117. The van der Waals surface area contributed by atoms with Crippen LogP contribution in [0.25, 0.3) is 0 Å². The van der Waals surface area contributed by atoms with Gasteiger partial charge in [-0.2, -0.15) is 0 Å². The molecule has 2 aromatic carbocycles. The van der Waals surface area contributed by atoms with Crippen LogP contribution in [0.5, 0.6) is 0 Å². The highest BCUT2D eigenvalue weighted by Crippen LogP contribution is 2.31. The highest BCUT2D eigenvalue weighted by atomic mass is 16.2. The SMILES string of the molecule is CN(C)c1ccccc1C(=O)Nc1ccc2c(c1)CCN2C(=O)Cc1ccccn1. The number of nitrogens with zero attached hydrogens (tertiary/aromatic N) is 3. The van der Waals surface area contributed by atoms with Crippen molar-refractivity contribution < 1.29 is 9.59 Å². The maximum absolute atomic E-state index is 12.8. The average molecular weight is 400 g/mol. The molecule has 0 saturated carbocycles. The summed E-state index contributed by atoms with van der Waals surface area (Å²) in [7, 11) is 3.83. The summed E-state index contributed by atoms with van der Waals surface area (Å²) in [5, 5.41) is 2.99. The summed E-state index contributed by atoms with van der Waals surface area (Å²) < 4.78 is 0. The molecule has 0 unspecified atom stereocenters. The second-order valence-electron chi connectivity index (χ2n) is 7.50. The first-order valence-corrected chi connectivity index (χ1v) is 9.94. The predicted octanol–water partition coefficient (Wildman–Crippen LogP) is 3.53. The Kier molecular flexibility index (Phi) is 5.48. The molecule has 0 radical (unpaired) electrons. The van der Waals surface area contributed by atoms with Crippen molar-refractivity contribution in [3.63, 3.8) is 0 Å². The fraction of sp³-hybridized carbons (Fsp3) is 0.208. The van der Waals surface area contributed by atoms with Gasteiger partial charge in [0.25, 0.3) is 5.91 Å². The van der Waals surface area contributed by atoms with Crippen molar-refractivity contribution in [2.45, 2.75) is 12.8 Å². The summed E-state index contributed by atoms with van der Waals surface area (Å²) in [6, 6.07) is 18.8. The zero-order valence-corrected chi connectivity index (χ0v) is 17.1. The minimum atomic E-state index is -0.152. The Morgan fingerprint density at radius 1 is 1.07 bits per heavy atom. The topological polar surface area (TPSA) is 65.5 Å². The van der Waals surface area contributed by atoms with Crippen LogP contribution in [-0.2, 0) is 17.6 Å². The van der Waals surface area contributed by atoms with E-state index in [0.717, 1.165) is 34.7 Å². The highest BCUT2D eigenvalue weighted by molar-refractivity contribution is 6.08. The van der Waals surface area contributed by atoms with E-state index in [1.165, 1.54) is 0 Å². The minimum absolute atomic E-state index is 0.0316. The van der Waals surface area contributed by atoms with Crippen LogP contribution in [-0.4, -0.2) is 37.4 Å². The Morgan fingerprint density at radius 2 is 1.87 bits per heavy atom. The number of rotatable bonds is 5. The molecule has 4 rings (SSSR count). The number of carbonyl (C=O) groups excluding carboxylic acids is 2. The summed E-state index contributed by atoms with van der Waals surface area (Å²) >= 11 is 0. The Balaban J connectivity index is 1.49. The predicted molar refractivity (Wildman–Crippen MR) is 119 cm³/mol. The van der Waals surface area contributed by atoms with Crippen molar-refractivity contribution in [2.75, 3.05) is 35.8 Å². The van der Waals surface area contributed by atoms with E-state index >= 15 is 0 Å². The molecule has 1 aliphatic heterocycles. The zero-order chi connectivity index (χ0) is 21.1. The zero-order valence-electron chi connectivity index (χ0n) is 17.1. The molecule has 152 valence electrons. The first-order chi connectivity index (χ1) is 14.5. The lowest BCUT2D eigenvalue weighted by atomic mass is 10.1. The second-order valence-corrected chi connectivity index (χ2v) is 7.50. The fourth-order valence-electron chi connectivity index (χ4n) is 3.75. The molecular formula is C24H24N4O2. The van der Waals surface area contributed by atoms with E-state index in [-0.39, 0.29) is 18.2 Å². The Hall–Kier alpha value is -3.67. The van der Waals surface area contributed by atoms with E-state index in [9.17, 15) is 9.59 Å². The first-order valence-electron chi connectivity index (χ1n) is 9.94. The van der Waals surface area contributed by atoms with Crippen molar-refractivity contribution in [3.8, 4) is 0 Å². The number of hydrogen-bond donors (Lipinski definition) is 1. The minimum Gasteiger partial charge on any atom is -0.377 e. The van der Waals surface area contributed by atoms with Crippen LogP contribution in [0.2, 0.25) is 0 Å². The van der Waals surface area contributed by atoms with Gasteiger partial charge in [0.1, 0.15) is 0 Å². The van der Waals surface area contributed by atoms with E-state index in [0.29, 0.717) is 12.1 Å². The Labute approximate surface area is 176 Å². The number of benzene rings is 2. The van der Waals surface area contributed by atoms with E-state index in [2.05, 4.69) is 10.3 Å². The highest BCUT2D eigenvalue weighted by Gasteiger charge is 2.25. The molecule has 0 spiro atoms. The number of anilines is 3. The molecule has 0 fully saturated rings. The number of nitrogens with one attached hydrogen (secondary N) is 1. The van der Waals surface area contributed by atoms with Gasteiger partial charge in [-0.3, -0.25) is 14.6 Å². The fourth-order valence-corrected chi connectivity index (χ4v) is 3.75. The van der Waals surface area contributed by atoms with Crippen molar-refractivity contribution in [3.05, 3.63) is 83.7 Å². The monoisotopic (exact) mass is 400 g/mol. The molecule has 3 aromatic rings. The molecule has 30 heavy (non-hydrogen) atoms. The van der Waals surface area contributed by atoms with Crippen LogP contribution in [0, 0.1) is 0 Å². The van der Waals surface area contributed by atoms with Gasteiger partial charge in [0, 0.05) is 49.6 Å². The molecule has 0 atom stereocenters. The lowest BCUT2D eigenvalue weighted by Crippen LogP contribution is -2.30. The van der Waals surface area contributed by atoms with Gasteiger partial charge in [-0.25, -0.2) is 0 Å². The Morgan fingerprint density at radius 3 is 2.63 bits per heavy atom. The third-order valence-electron chi connectivity index (χ3n) is 5.22. The summed E-state index contributed by atoms with van der Waals surface area (Å²) in [6.45, 7) is 0.641. The van der Waals surface area contributed by atoms with Gasteiger partial charge in [-0.05, 0) is 54.4 Å². The third kappa shape index (κ3) is 4.03. The molecule has 2 amide bonds. The lowest BCUT2D eigenvalue weighted by Gasteiger charge is -2.18. The summed E-state index contributed by atoms with van der Waals surface area (Å²) in [5.74, 6) is -0.121. The van der Waals surface area contributed by atoms with Crippen molar-refractivity contribution in [2.24, 2.45) is 0 Å². The number of carbonyl (C=O) groups is 2. The van der Waals surface area contributed by atoms with Crippen molar-refractivity contribution >= 4 is 28.9 Å². The van der Waals surface area contributed by atoms with Gasteiger partial charge in [-0.15, -0.1) is 0 Å². The number of para-hydroxylation sites is 1. The van der Waals surface area contributed by atoms with Crippen LogP contribution in [0.4, 0.5) is 17.1 Å². The quantitative estimate of drug-likeness (QED) is 0.712. The number of aromatic nitrogens is 1. The van der Waals surface area contributed by atoms with Gasteiger partial charge in [0.2, 0.25) is 5.91 Å². The summed E-state index contributed by atoms with van der Waals surface area (Å²) in [4.78, 5) is 33.5. The first kappa shape index (κ1) is 19.6. The van der Waals surface area contributed by atoms with Crippen molar-refractivity contribution in [1.82, 2.24) is 4.98 Å². The molecule has 0 aliphatic carbocycles. The van der Waals surface area contributed by atoms with E-state index in [1.807, 2.05) is 79.7 Å². The number of amides is 2. The molecule has 2 heterocycles. The van der Waals surface area contributed by atoms with Crippen LogP contribution >= 0.6 is 0 Å². The van der Waals surface area contributed by atoms with E-state index in [1.54, 1.807) is 11.1 Å². The molecular weight excluding hydrogens is 376 g/mol. The number of fused-ring (bicyclic) bond motifs is 1.